The Hall–Kier alpha value is -7.63. The smallest absolute Gasteiger partial charge is 0.0879 e. The van der Waals surface area contributed by atoms with Gasteiger partial charge in [-0.3, -0.25) is 9.97 Å². The molecule has 5 heteroatoms. The summed E-state index contributed by atoms with van der Waals surface area (Å²) in [7, 11) is 0. The molecule has 0 radical (unpaired) electrons. The first-order valence-corrected chi connectivity index (χ1v) is 19.3. The van der Waals surface area contributed by atoms with Gasteiger partial charge < -0.3 is 9.88 Å². The molecule has 0 bridgehead atoms. The van der Waals surface area contributed by atoms with Gasteiger partial charge in [-0.15, -0.1) is 0 Å². The van der Waals surface area contributed by atoms with Crippen LogP contribution in [0.25, 0.3) is 82.8 Å². The number of fused-ring (bicyclic) bond motifs is 7. The van der Waals surface area contributed by atoms with Gasteiger partial charge in [0, 0.05) is 50.6 Å². The van der Waals surface area contributed by atoms with Crippen LogP contribution >= 0.6 is 0 Å². The summed E-state index contributed by atoms with van der Waals surface area (Å²) in [5, 5.41) is 9.58. The largest absolute Gasteiger partial charge is 0.371 e. The third-order valence-electron chi connectivity index (χ3n) is 11.1. The van der Waals surface area contributed by atoms with E-state index in [1.165, 1.54) is 27.2 Å². The number of nitrogens with one attached hydrogen (secondary N) is 1. The van der Waals surface area contributed by atoms with E-state index in [1.807, 2.05) is 42.7 Å². The zero-order chi connectivity index (χ0) is 37.7. The normalized spacial score (nSPS) is 14.1. The molecule has 268 valence electrons. The molecule has 5 heterocycles. The van der Waals surface area contributed by atoms with E-state index in [-0.39, 0.29) is 6.04 Å². The number of benzene rings is 6. The van der Waals surface area contributed by atoms with Gasteiger partial charge in [0.1, 0.15) is 0 Å². The van der Waals surface area contributed by atoms with Crippen molar-refractivity contribution in [1.29, 1.82) is 0 Å². The van der Waals surface area contributed by atoms with Crippen LogP contribution in [0.2, 0.25) is 0 Å². The number of para-hydroxylation sites is 2. The average Bonchev–Trinajstić information content (AvgIpc) is 3.64. The molecule has 0 fully saturated rings. The molecular formula is C52H35N5. The number of hydrogen-bond acceptors (Lipinski definition) is 4. The summed E-state index contributed by atoms with van der Waals surface area (Å²) in [4.78, 5) is 14.8. The van der Waals surface area contributed by atoms with Crippen LogP contribution in [-0.4, -0.2) is 19.5 Å². The number of allylic oxidation sites excluding steroid dienone is 2. The van der Waals surface area contributed by atoms with E-state index in [2.05, 4.69) is 178 Å². The fraction of sp³-hybridized carbons (Fsp3) is 0.0192. The fourth-order valence-corrected chi connectivity index (χ4v) is 8.44. The Morgan fingerprint density at radius 3 is 1.98 bits per heavy atom. The molecule has 4 aromatic heterocycles. The van der Waals surface area contributed by atoms with E-state index in [0.29, 0.717) is 0 Å². The van der Waals surface area contributed by atoms with Crippen LogP contribution in [0.15, 0.2) is 200 Å². The molecule has 1 atom stereocenters. The van der Waals surface area contributed by atoms with Crippen molar-refractivity contribution >= 4 is 54.8 Å². The Balaban J connectivity index is 1.08. The van der Waals surface area contributed by atoms with Gasteiger partial charge >= 0.3 is 0 Å². The zero-order valence-electron chi connectivity index (χ0n) is 30.9. The number of nitrogens with zero attached hydrogens (tertiary/aromatic N) is 4. The molecule has 1 unspecified atom stereocenters. The molecule has 0 saturated carbocycles. The summed E-state index contributed by atoms with van der Waals surface area (Å²) in [6.45, 7) is 0. The predicted octanol–water partition coefficient (Wildman–Crippen LogP) is 12.4. The summed E-state index contributed by atoms with van der Waals surface area (Å²) < 4.78 is 2.43. The van der Waals surface area contributed by atoms with E-state index < -0.39 is 0 Å². The monoisotopic (exact) mass is 729 g/mol. The quantitative estimate of drug-likeness (QED) is 0.173. The average molecular weight is 730 g/mol. The SMILES string of the molecule is C1=C(c2ccc(-c3ccc4c(c3)nc(-c3ccccc3)c3ccc5c6ccccc6n(-c6ccccc6)c5c34)cc2)C=C(c2ccccn2)NC1c1ccccn1. The number of hydrogen-bond donors (Lipinski definition) is 1. The van der Waals surface area contributed by atoms with Gasteiger partial charge in [0.15, 0.2) is 0 Å². The Labute approximate surface area is 330 Å². The number of rotatable bonds is 6. The molecule has 1 aliphatic heterocycles. The third kappa shape index (κ3) is 5.68. The minimum atomic E-state index is -0.0878. The molecule has 0 spiro atoms. The van der Waals surface area contributed by atoms with Crippen molar-refractivity contribution in [3.8, 4) is 28.1 Å². The Kier molecular flexibility index (Phi) is 7.81. The van der Waals surface area contributed by atoms with Crippen molar-refractivity contribution in [1.82, 2.24) is 24.8 Å². The highest BCUT2D eigenvalue weighted by atomic mass is 15.0. The first-order chi connectivity index (χ1) is 28.3. The Bertz CT molecular complexity index is 3170. The van der Waals surface area contributed by atoms with Crippen LogP contribution in [0.4, 0.5) is 0 Å². The van der Waals surface area contributed by atoms with Crippen molar-refractivity contribution in [3.05, 3.63) is 217 Å². The Morgan fingerprint density at radius 1 is 0.509 bits per heavy atom. The molecule has 5 nitrogen and oxygen atoms in total. The maximum atomic E-state index is 5.44. The summed E-state index contributed by atoms with van der Waals surface area (Å²) in [5.41, 5.74) is 13.9. The fourth-order valence-electron chi connectivity index (χ4n) is 8.44. The second-order valence-electron chi connectivity index (χ2n) is 14.5. The van der Waals surface area contributed by atoms with Crippen LogP contribution in [0.5, 0.6) is 0 Å². The summed E-state index contributed by atoms with van der Waals surface area (Å²) in [6, 6.07) is 62.1. The van der Waals surface area contributed by atoms with Crippen LogP contribution < -0.4 is 5.32 Å². The van der Waals surface area contributed by atoms with Gasteiger partial charge in [-0.05, 0) is 82.9 Å². The molecule has 0 saturated heterocycles. The minimum absolute atomic E-state index is 0.0878. The highest BCUT2D eigenvalue weighted by Gasteiger charge is 2.22. The number of pyridine rings is 3. The van der Waals surface area contributed by atoms with Gasteiger partial charge in [0.2, 0.25) is 0 Å². The maximum absolute atomic E-state index is 5.44. The van der Waals surface area contributed by atoms with Crippen molar-refractivity contribution < 1.29 is 0 Å². The van der Waals surface area contributed by atoms with E-state index in [0.717, 1.165) is 72.6 Å². The lowest BCUT2D eigenvalue weighted by Crippen LogP contribution is -2.23. The van der Waals surface area contributed by atoms with Crippen molar-refractivity contribution in [2.24, 2.45) is 0 Å². The van der Waals surface area contributed by atoms with Crippen molar-refractivity contribution in [3.63, 3.8) is 0 Å². The van der Waals surface area contributed by atoms with Crippen LogP contribution in [0.3, 0.4) is 0 Å². The van der Waals surface area contributed by atoms with E-state index >= 15 is 0 Å². The standard InChI is InChI=1S/C52H35N5/c1-3-13-36(14-4-1)51-43-28-27-41-40-17-7-8-20-49(40)57(39-15-5-2-6-16-39)52(41)50(43)42-26-25-37(31-46(42)56-51)34-21-23-35(24-22-34)38-32-47(44-18-9-11-29-53-44)55-48(33-38)45-19-10-12-30-54-45/h1-33,47,55H. The molecule has 6 aromatic carbocycles. The van der Waals surface area contributed by atoms with Crippen LogP contribution in [-0.2, 0) is 0 Å². The summed E-state index contributed by atoms with van der Waals surface area (Å²) in [6.07, 6.45) is 8.10. The molecule has 0 aliphatic carbocycles. The highest BCUT2D eigenvalue weighted by molar-refractivity contribution is 6.27. The van der Waals surface area contributed by atoms with Gasteiger partial charge in [0.25, 0.3) is 0 Å². The molecule has 0 amide bonds. The predicted molar refractivity (Wildman–Crippen MR) is 235 cm³/mol. The van der Waals surface area contributed by atoms with Gasteiger partial charge in [-0.25, -0.2) is 4.98 Å². The maximum Gasteiger partial charge on any atom is 0.0879 e. The van der Waals surface area contributed by atoms with E-state index in [9.17, 15) is 0 Å². The van der Waals surface area contributed by atoms with Crippen molar-refractivity contribution in [2.45, 2.75) is 6.04 Å². The van der Waals surface area contributed by atoms with E-state index in [1.54, 1.807) is 0 Å². The lowest BCUT2D eigenvalue weighted by atomic mass is 9.93. The van der Waals surface area contributed by atoms with Crippen molar-refractivity contribution in [2.75, 3.05) is 0 Å². The second kappa shape index (κ2) is 13.6. The molecule has 1 N–H and O–H groups in total. The molecule has 10 aromatic rings. The van der Waals surface area contributed by atoms with Crippen LogP contribution in [0, 0.1) is 0 Å². The Morgan fingerprint density at radius 2 is 1.19 bits per heavy atom. The number of dihydropyridines is 1. The number of aromatic nitrogens is 4. The second-order valence-corrected chi connectivity index (χ2v) is 14.5. The first-order valence-electron chi connectivity index (χ1n) is 19.3. The summed E-state index contributed by atoms with van der Waals surface area (Å²) in [5.74, 6) is 0. The first kappa shape index (κ1) is 32.8. The van der Waals surface area contributed by atoms with E-state index in [4.69, 9.17) is 4.98 Å². The molecule has 57 heavy (non-hydrogen) atoms. The highest BCUT2D eigenvalue weighted by Crippen LogP contribution is 2.43. The lowest BCUT2D eigenvalue weighted by Gasteiger charge is -2.24. The van der Waals surface area contributed by atoms with Crippen LogP contribution in [0.1, 0.15) is 23.0 Å². The van der Waals surface area contributed by atoms with Gasteiger partial charge in [0.05, 0.1) is 45.4 Å². The molecule has 11 rings (SSSR count). The molecular weight excluding hydrogens is 695 g/mol. The third-order valence-corrected chi connectivity index (χ3v) is 11.1. The summed E-state index contributed by atoms with van der Waals surface area (Å²) >= 11 is 0. The zero-order valence-corrected chi connectivity index (χ0v) is 30.9. The van der Waals surface area contributed by atoms with Gasteiger partial charge in [-0.2, -0.15) is 0 Å². The topological polar surface area (TPSA) is 55.6 Å². The lowest BCUT2D eigenvalue weighted by molar-refractivity contribution is 0.736. The minimum Gasteiger partial charge on any atom is -0.371 e. The van der Waals surface area contributed by atoms with Gasteiger partial charge in [-0.1, -0.05) is 127 Å². The molecule has 1 aliphatic rings.